The Morgan fingerprint density at radius 3 is 2.42 bits per heavy atom. The number of carbonyl (C=O) groups is 2. The van der Waals surface area contributed by atoms with Crippen LogP contribution in [-0.4, -0.2) is 24.6 Å². The molecule has 0 atom stereocenters. The standard InChI is InChI=1S/C15H20O3S/c1-3-5-14(16)12-7-9-13(10-8-12)19-11-4-6-15(17)18-2/h7-10H,3-6,11H2,1-2H3. The van der Waals surface area contributed by atoms with Crippen molar-refractivity contribution in [2.75, 3.05) is 12.9 Å². The minimum Gasteiger partial charge on any atom is -0.469 e. The Kier molecular flexibility index (Phi) is 7.26. The highest BCUT2D eigenvalue weighted by molar-refractivity contribution is 7.99. The molecule has 0 saturated heterocycles. The van der Waals surface area contributed by atoms with Gasteiger partial charge in [-0.3, -0.25) is 9.59 Å². The Labute approximate surface area is 118 Å². The number of thioether (sulfide) groups is 1. The number of hydrogen-bond donors (Lipinski definition) is 0. The monoisotopic (exact) mass is 280 g/mol. The van der Waals surface area contributed by atoms with Gasteiger partial charge in [0.25, 0.3) is 0 Å². The number of carbonyl (C=O) groups excluding carboxylic acids is 2. The molecule has 0 saturated carbocycles. The quantitative estimate of drug-likeness (QED) is 0.315. The van der Waals surface area contributed by atoms with Crippen LogP contribution in [0.3, 0.4) is 0 Å². The third-order valence-corrected chi connectivity index (χ3v) is 3.77. The van der Waals surface area contributed by atoms with Gasteiger partial charge in [-0.15, -0.1) is 11.8 Å². The Morgan fingerprint density at radius 1 is 1.16 bits per heavy atom. The van der Waals surface area contributed by atoms with Gasteiger partial charge >= 0.3 is 5.97 Å². The molecular weight excluding hydrogens is 260 g/mol. The van der Waals surface area contributed by atoms with Gasteiger partial charge in [-0.1, -0.05) is 19.1 Å². The topological polar surface area (TPSA) is 43.4 Å². The summed E-state index contributed by atoms with van der Waals surface area (Å²) < 4.78 is 4.58. The highest BCUT2D eigenvalue weighted by atomic mass is 32.2. The van der Waals surface area contributed by atoms with Gasteiger partial charge in [-0.25, -0.2) is 0 Å². The molecule has 0 aromatic heterocycles. The lowest BCUT2D eigenvalue weighted by molar-refractivity contribution is -0.140. The highest BCUT2D eigenvalue weighted by Crippen LogP contribution is 2.20. The van der Waals surface area contributed by atoms with Crippen molar-refractivity contribution in [3.8, 4) is 0 Å². The first kappa shape index (κ1) is 15.8. The summed E-state index contributed by atoms with van der Waals surface area (Å²) in [5.41, 5.74) is 0.778. The van der Waals surface area contributed by atoms with Crippen LogP contribution in [0.15, 0.2) is 29.2 Å². The average molecular weight is 280 g/mol. The van der Waals surface area contributed by atoms with Gasteiger partial charge in [0.05, 0.1) is 7.11 Å². The summed E-state index contributed by atoms with van der Waals surface area (Å²) in [5, 5.41) is 0. The van der Waals surface area contributed by atoms with Crippen LogP contribution in [0.2, 0.25) is 0 Å². The lowest BCUT2D eigenvalue weighted by Gasteiger charge is -2.03. The van der Waals surface area contributed by atoms with E-state index in [0.29, 0.717) is 12.8 Å². The molecule has 0 N–H and O–H groups in total. The molecule has 0 unspecified atom stereocenters. The van der Waals surface area contributed by atoms with Crippen LogP contribution in [0, 0.1) is 0 Å². The Hall–Kier alpha value is -1.29. The molecule has 0 aliphatic rings. The molecule has 104 valence electrons. The van der Waals surface area contributed by atoms with Crippen molar-refractivity contribution < 1.29 is 14.3 Å². The summed E-state index contributed by atoms with van der Waals surface area (Å²) in [7, 11) is 1.40. The summed E-state index contributed by atoms with van der Waals surface area (Å²) in [4.78, 5) is 23.7. The molecule has 4 heteroatoms. The van der Waals surface area contributed by atoms with E-state index in [1.165, 1.54) is 7.11 Å². The van der Waals surface area contributed by atoms with Gasteiger partial charge in [-0.2, -0.15) is 0 Å². The number of benzene rings is 1. The first-order valence-corrected chi connectivity index (χ1v) is 7.48. The summed E-state index contributed by atoms with van der Waals surface area (Å²) >= 11 is 1.69. The molecule has 0 radical (unpaired) electrons. The lowest BCUT2D eigenvalue weighted by atomic mass is 10.1. The predicted molar refractivity (Wildman–Crippen MR) is 77.7 cm³/mol. The maximum absolute atomic E-state index is 11.7. The number of methoxy groups -OCH3 is 1. The fraction of sp³-hybridized carbons (Fsp3) is 0.467. The zero-order valence-corrected chi connectivity index (χ0v) is 12.3. The first-order valence-electron chi connectivity index (χ1n) is 6.50. The van der Waals surface area contributed by atoms with Crippen molar-refractivity contribution in [1.29, 1.82) is 0 Å². The zero-order chi connectivity index (χ0) is 14.1. The third-order valence-electron chi connectivity index (χ3n) is 2.67. The van der Waals surface area contributed by atoms with E-state index in [4.69, 9.17) is 0 Å². The van der Waals surface area contributed by atoms with E-state index in [2.05, 4.69) is 4.74 Å². The van der Waals surface area contributed by atoms with Crippen molar-refractivity contribution in [3.63, 3.8) is 0 Å². The number of ether oxygens (including phenoxy) is 1. The molecule has 0 aliphatic heterocycles. The van der Waals surface area contributed by atoms with E-state index < -0.39 is 0 Å². The van der Waals surface area contributed by atoms with Gasteiger partial charge in [0.1, 0.15) is 0 Å². The van der Waals surface area contributed by atoms with Gasteiger partial charge in [0, 0.05) is 23.3 Å². The van der Waals surface area contributed by atoms with Crippen LogP contribution in [0.1, 0.15) is 43.0 Å². The molecule has 1 aromatic carbocycles. The molecule has 3 nitrogen and oxygen atoms in total. The van der Waals surface area contributed by atoms with Crippen LogP contribution in [0.5, 0.6) is 0 Å². The molecule has 0 bridgehead atoms. The number of rotatable bonds is 8. The lowest BCUT2D eigenvalue weighted by Crippen LogP contribution is -2.00. The van der Waals surface area contributed by atoms with Gasteiger partial charge < -0.3 is 4.74 Å². The maximum atomic E-state index is 11.7. The SMILES string of the molecule is CCCC(=O)c1ccc(SCCCC(=O)OC)cc1. The second-order valence-electron chi connectivity index (χ2n) is 4.23. The Balaban J connectivity index is 2.36. The summed E-state index contributed by atoms with van der Waals surface area (Å²) in [6.07, 6.45) is 2.74. The fourth-order valence-electron chi connectivity index (χ4n) is 1.62. The minimum absolute atomic E-state index is 0.166. The molecule has 0 amide bonds. The largest absolute Gasteiger partial charge is 0.469 e. The highest BCUT2D eigenvalue weighted by Gasteiger charge is 2.04. The Morgan fingerprint density at radius 2 is 1.84 bits per heavy atom. The van der Waals surface area contributed by atoms with Crippen molar-refractivity contribution in [3.05, 3.63) is 29.8 Å². The maximum Gasteiger partial charge on any atom is 0.305 e. The second kappa shape index (κ2) is 8.75. The molecule has 1 rings (SSSR count). The smallest absolute Gasteiger partial charge is 0.305 e. The number of ketones is 1. The summed E-state index contributed by atoms with van der Waals surface area (Å²) in [5.74, 6) is 0.906. The molecule has 0 fully saturated rings. The fourth-order valence-corrected chi connectivity index (χ4v) is 2.47. The normalized spacial score (nSPS) is 10.2. The van der Waals surface area contributed by atoms with Gasteiger partial charge in [-0.05, 0) is 30.7 Å². The third kappa shape index (κ3) is 5.92. The van der Waals surface area contributed by atoms with Crippen molar-refractivity contribution >= 4 is 23.5 Å². The van der Waals surface area contributed by atoms with Gasteiger partial charge in [0.15, 0.2) is 5.78 Å². The summed E-state index contributed by atoms with van der Waals surface area (Å²) in [6.45, 7) is 2.00. The Bertz CT molecular complexity index is 412. The van der Waals surface area contributed by atoms with Crippen LogP contribution in [0.4, 0.5) is 0 Å². The van der Waals surface area contributed by atoms with E-state index in [9.17, 15) is 9.59 Å². The van der Waals surface area contributed by atoms with Crippen LogP contribution in [-0.2, 0) is 9.53 Å². The molecular formula is C15H20O3S. The number of Topliss-reactive ketones (excluding diaryl/α,β-unsaturated/α-hetero) is 1. The van der Waals surface area contributed by atoms with Crippen LogP contribution in [0.25, 0.3) is 0 Å². The van der Waals surface area contributed by atoms with E-state index in [0.717, 1.165) is 29.1 Å². The first-order chi connectivity index (χ1) is 9.17. The predicted octanol–water partition coefficient (Wildman–Crippen LogP) is 3.71. The summed E-state index contributed by atoms with van der Waals surface area (Å²) in [6, 6.07) is 7.68. The zero-order valence-electron chi connectivity index (χ0n) is 11.5. The molecule has 1 aromatic rings. The van der Waals surface area contributed by atoms with E-state index in [1.807, 2.05) is 31.2 Å². The second-order valence-corrected chi connectivity index (χ2v) is 5.39. The van der Waals surface area contributed by atoms with Crippen molar-refractivity contribution in [1.82, 2.24) is 0 Å². The molecule has 0 aliphatic carbocycles. The van der Waals surface area contributed by atoms with Crippen LogP contribution >= 0.6 is 11.8 Å². The number of esters is 1. The van der Waals surface area contributed by atoms with Crippen LogP contribution < -0.4 is 0 Å². The molecule has 0 heterocycles. The van der Waals surface area contributed by atoms with Crippen molar-refractivity contribution in [2.24, 2.45) is 0 Å². The average Bonchev–Trinajstić information content (AvgIpc) is 2.44. The van der Waals surface area contributed by atoms with Gasteiger partial charge in [0.2, 0.25) is 0 Å². The minimum atomic E-state index is -0.166. The van der Waals surface area contributed by atoms with E-state index in [1.54, 1.807) is 11.8 Å². The molecule has 0 spiro atoms. The molecule has 19 heavy (non-hydrogen) atoms. The van der Waals surface area contributed by atoms with Crippen molar-refractivity contribution in [2.45, 2.75) is 37.5 Å². The van der Waals surface area contributed by atoms with E-state index in [-0.39, 0.29) is 11.8 Å². The number of hydrogen-bond acceptors (Lipinski definition) is 4. The van der Waals surface area contributed by atoms with E-state index >= 15 is 0 Å².